The van der Waals surface area contributed by atoms with Crippen LogP contribution in [0.15, 0.2) is 33.7 Å². The number of benzene rings is 1. The van der Waals surface area contributed by atoms with Crippen LogP contribution in [0.25, 0.3) is 11.3 Å². The Morgan fingerprint density at radius 3 is 2.46 bits per heavy atom. The van der Waals surface area contributed by atoms with E-state index in [1.807, 2.05) is 26.8 Å². The fraction of sp³-hybridized carbons (Fsp3) is 0.278. The number of hydrogen-bond acceptors (Lipinski definition) is 5. The zero-order valence-corrected chi connectivity index (χ0v) is 17.3. The first-order valence-corrected chi connectivity index (χ1v) is 10.7. The number of nitrogens with one attached hydrogen (secondary N) is 1. The van der Waals surface area contributed by atoms with E-state index in [9.17, 15) is 8.42 Å². The van der Waals surface area contributed by atoms with Gasteiger partial charge in [0.15, 0.2) is 5.76 Å². The van der Waals surface area contributed by atoms with Crippen LogP contribution in [-0.4, -0.2) is 13.6 Å². The second kappa shape index (κ2) is 7.15. The minimum absolute atomic E-state index is 0.115. The number of nitrogens with zero attached hydrogens (tertiary/aromatic N) is 1. The van der Waals surface area contributed by atoms with Crippen LogP contribution in [0.2, 0.25) is 5.02 Å². The summed E-state index contributed by atoms with van der Waals surface area (Å²) in [6, 6.07) is 7.15. The van der Waals surface area contributed by atoms with Gasteiger partial charge in [-0.3, -0.25) is 0 Å². The van der Waals surface area contributed by atoms with Gasteiger partial charge in [-0.1, -0.05) is 35.0 Å². The predicted octanol–water partition coefficient (Wildman–Crippen LogP) is 4.77. The van der Waals surface area contributed by atoms with E-state index < -0.39 is 10.0 Å². The van der Waals surface area contributed by atoms with E-state index in [0.29, 0.717) is 21.2 Å². The highest BCUT2D eigenvalue weighted by atomic mass is 35.5. The number of sulfonamides is 1. The third-order valence-corrected chi connectivity index (χ3v) is 7.36. The number of aryl methyl sites for hydroxylation is 3. The van der Waals surface area contributed by atoms with Gasteiger partial charge in [0, 0.05) is 26.9 Å². The van der Waals surface area contributed by atoms with E-state index >= 15 is 0 Å². The van der Waals surface area contributed by atoms with Gasteiger partial charge in [-0.2, -0.15) is 0 Å². The van der Waals surface area contributed by atoms with Gasteiger partial charge in [0.1, 0.15) is 4.90 Å². The molecule has 2 heterocycles. The molecule has 0 fully saturated rings. The Labute approximate surface area is 162 Å². The summed E-state index contributed by atoms with van der Waals surface area (Å²) in [6.07, 6.45) is 0. The standard InChI is InChI=1S/C18H19ClN2O3S2/c1-10-11(2)21-24-17(10)16-12(3)25-13(4)18(16)26(22,23)20-9-14-7-5-6-8-15(14)19/h5-8,20H,9H2,1-4H3. The van der Waals surface area contributed by atoms with Gasteiger partial charge in [-0.15, -0.1) is 11.3 Å². The normalized spacial score (nSPS) is 11.9. The molecular weight excluding hydrogens is 392 g/mol. The van der Waals surface area contributed by atoms with Crippen LogP contribution in [0.4, 0.5) is 0 Å². The molecule has 26 heavy (non-hydrogen) atoms. The highest BCUT2D eigenvalue weighted by Gasteiger charge is 2.29. The number of hydrogen-bond donors (Lipinski definition) is 1. The Kier molecular flexibility index (Phi) is 5.25. The molecule has 0 aliphatic carbocycles. The van der Waals surface area contributed by atoms with E-state index in [1.165, 1.54) is 11.3 Å². The van der Waals surface area contributed by atoms with Crippen LogP contribution in [0.5, 0.6) is 0 Å². The summed E-state index contributed by atoms with van der Waals surface area (Å²) in [5, 5.41) is 4.49. The molecule has 2 aromatic heterocycles. The Balaban J connectivity index is 2.03. The first kappa shape index (κ1) is 19.1. The first-order chi connectivity index (χ1) is 12.2. The van der Waals surface area contributed by atoms with Crippen LogP contribution in [0.3, 0.4) is 0 Å². The molecule has 8 heteroatoms. The summed E-state index contributed by atoms with van der Waals surface area (Å²) >= 11 is 7.56. The summed E-state index contributed by atoms with van der Waals surface area (Å²) in [4.78, 5) is 1.82. The molecule has 3 rings (SSSR count). The Bertz CT molecular complexity index is 1070. The molecule has 3 aromatic rings. The largest absolute Gasteiger partial charge is 0.356 e. The maximum absolute atomic E-state index is 13.1. The van der Waals surface area contributed by atoms with Gasteiger partial charge in [-0.05, 0) is 39.3 Å². The molecular formula is C18H19ClN2O3S2. The molecule has 0 unspecified atom stereocenters. The van der Waals surface area contributed by atoms with Crippen LogP contribution in [-0.2, 0) is 16.6 Å². The van der Waals surface area contributed by atoms with E-state index in [4.69, 9.17) is 16.1 Å². The molecule has 0 aliphatic rings. The Hall–Kier alpha value is -1.67. The number of rotatable bonds is 5. The number of thiophene rings is 1. The predicted molar refractivity (Wildman–Crippen MR) is 104 cm³/mol. The van der Waals surface area contributed by atoms with Gasteiger partial charge in [0.2, 0.25) is 10.0 Å². The van der Waals surface area contributed by atoms with E-state index in [0.717, 1.165) is 21.7 Å². The quantitative estimate of drug-likeness (QED) is 0.657. The van der Waals surface area contributed by atoms with Crippen molar-refractivity contribution in [2.24, 2.45) is 0 Å². The number of halogens is 1. The van der Waals surface area contributed by atoms with E-state index in [1.54, 1.807) is 25.1 Å². The summed E-state index contributed by atoms with van der Waals surface area (Å²) in [5.41, 5.74) is 2.89. The summed E-state index contributed by atoms with van der Waals surface area (Å²) < 4.78 is 34.2. The molecule has 138 valence electrons. The van der Waals surface area contributed by atoms with Crippen molar-refractivity contribution in [2.75, 3.05) is 0 Å². The van der Waals surface area contributed by atoms with Crippen molar-refractivity contribution in [1.82, 2.24) is 9.88 Å². The second-order valence-electron chi connectivity index (χ2n) is 6.06. The minimum Gasteiger partial charge on any atom is -0.356 e. The maximum Gasteiger partial charge on any atom is 0.242 e. The van der Waals surface area contributed by atoms with E-state index in [-0.39, 0.29) is 11.4 Å². The fourth-order valence-electron chi connectivity index (χ4n) is 2.78. The minimum atomic E-state index is -3.76. The highest BCUT2D eigenvalue weighted by molar-refractivity contribution is 7.89. The molecule has 0 amide bonds. The topological polar surface area (TPSA) is 72.2 Å². The zero-order chi connectivity index (χ0) is 19.1. The SMILES string of the molecule is Cc1noc(-c2c(C)sc(C)c2S(=O)(=O)NCc2ccccc2Cl)c1C. The van der Waals surface area contributed by atoms with Crippen molar-refractivity contribution in [3.05, 3.63) is 55.9 Å². The lowest BCUT2D eigenvalue weighted by atomic mass is 10.1. The average molecular weight is 411 g/mol. The van der Waals surface area contributed by atoms with Crippen LogP contribution in [0, 0.1) is 27.7 Å². The summed E-state index contributed by atoms with van der Waals surface area (Å²) in [5.74, 6) is 0.502. The van der Waals surface area contributed by atoms with Crippen LogP contribution < -0.4 is 4.72 Å². The lowest BCUT2D eigenvalue weighted by Gasteiger charge is -2.10. The number of aromatic nitrogens is 1. The molecule has 0 saturated heterocycles. The highest BCUT2D eigenvalue weighted by Crippen LogP contribution is 2.40. The van der Waals surface area contributed by atoms with Gasteiger partial charge >= 0.3 is 0 Å². The van der Waals surface area contributed by atoms with Gasteiger partial charge < -0.3 is 4.52 Å². The molecule has 1 aromatic carbocycles. The summed E-state index contributed by atoms with van der Waals surface area (Å²) in [7, 11) is -3.76. The maximum atomic E-state index is 13.1. The molecule has 5 nitrogen and oxygen atoms in total. The van der Waals surface area contributed by atoms with Crippen molar-refractivity contribution >= 4 is 33.0 Å². The van der Waals surface area contributed by atoms with Gasteiger partial charge in [-0.25, -0.2) is 13.1 Å². The van der Waals surface area contributed by atoms with Crippen molar-refractivity contribution in [2.45, 2.75) is 39.1 Å². The van der Waals surface area contributed by atoms with Gasteiger partial charge in [0.05, 0.1) is 11.3 Å². The second-order valence-corrected chi connectivity index (χ2v) is 9.60. The van der Waals surface area contributed by atoms with Crippen molar-refractivity contribution < 1.29 is 12.9 Å². The Morgan fingerprint density at radius 1 is 1.15 bits per heavy atom. The van der Waals surface area contributed by atoms with Crippen molar-refractivity contribution in [1.29, 1.82) is 0 Å². The lowest BCUT2D eigenvalue weighted by Crippen LogP contribution is -2.24. The average Bonchev–Trinajstić information content (AvgIpc) is 3.06. The summed E-state index contributed by atoms with van der Waals surface area (Å²) in [6.45, 7) is 7.51. The lowest BCUT2D eigenvalue weighted by molar-refractivity contribution is 0.426. The zero-order valence-electron chi connectivity index (χ0n) is 14.9. The monoisotopic (exact) mass is 410 g/mol. The van der Waals surface area contributed by atoms with Crippen molar-refractivity contribution in [3.8, 4) is 11.3 Å². The molecule has 1 N–H and O–H groups in total. The van der Waals surface area contributed by atoms with Crippen LogP contribution >= 0.6 is 22.9 Å². The third kappa shape index (κ3) is 3.44. The molecule has 0 atom stereocenters. The van der Waals surface area contributed by atoms with Crippen molar-refractivity contribution in [3.63, 3.8) is 0 Å². The Morgan fingerprint density at radius 2 is 1.85 bits per heavy atom. The molecule has 0 spiro atoms. The van der Waals surface area contributed by atoms with E-state index in [2.05, 4.69) is 9.88 Å². The fourth-order valence-corrected chi connectivity index (χ4v) is 5.84. The van der Waals surface area contributed by atoms with Crippen LogP contribution in [0.1, 0.15) is 26.6 Å². The molecule has 0 radical (unpaired) electrons. The molecule has 0 aliphatic heterocycles. The van der Waals surface area contributed by atoms with Gasteiger partial charge in [0.25, 0.3) is 0 Å². The smallest absolute Gasteiger partial charge is 0.242 e. The third-order valence-electron chi connectivity index (χ3n) is 4.27. The molecule has 0 bridgehead atoms. The molecule has 0 saturated carbocycles. The first-order valence-electron chi connectivity index (χ1n) is 7.98.